The molecule has 0 aliphatic carbocycles. The predicted molar refractivity (Wildman–Crippen MR) is 100 cm³/mol. The lowest BCUT2D eigenvalue weighted by Crippen LogP contribution is -2.35. The van der Waals surface area contributed by atoms with Gasteiger partial charge in [-0.25, -0.2) is 4.79 Å². The van der Waals surface area contributed by atoms with Gasteiger partial charge in [-0.05, 0) is 24.1 Å². The SMILES string of the molecule is Cc1c(O)c(CN2CCOCC2)cc2c(-c3ccccc3)cc(=O)oc12. The molecule has 0 amide bonds. The van der Waals surface area contributed by atoms with E-state index in [9.17, 15) is 9.90 Å². The number of hydrogen-bond acceptors (Lipinski definition) is 5. The summed E-state index contributed by atoms with van der Waals surface area (Å²) in [7, 11) is 0. The van der Waals surface area contributed by atoms with E-state index in [0.29, 0.717) is 30.9 Å². The second-order valence-electron chi connectivity index (χ2n) is 6.62. The van der Waals surface area contributed by atoms with Gasteiger partial charge in [-0.2, -0.15) is 0 Å². The van der Waals surface area contributed by atoms with Crippen molar-refractivity contribution in [1.82, 2.24) is 4.90 Å². The molecule has 2 heterocycles. The van der Waals surface area contributed by atoms with Gasteiger partial charge < -0.3 is 14.3 Å². The maximum atomic E-state index is 12.1. The van der Waals surface area contributed by atoms with Crippen LogP contribution in [0.2, 0.25) is 0 Å². The average molecular weight is 351 g/mol. The first-order valence-corrected chi connectivity index (χ1v) is 8.78. The van der Waals surface area contributed by atoms with Gasteiger partial charge in [0.05, 0.1) is 13.2 Å². The number of fused-ring (bicyclic) bond motifs is 1. The van der Waals surface area contributed by atoms with Crippen molar-refractivity contribution >= 4 is 11.0 Å². The van der Waals surface area contributed by atoms with Crippen LogP contribution in [0.3, 0.4) is 0 Å². The number of phenols is 1. The molecule has 2 aromatic carbocycles. The van der Waals surface area contributed by atoms with E-state index in [2.05, 4.69) is 4.90 Å². The van der Waals surface area contributed by atoms with Crippen molar-refractivity contribution in [3.05, 3.63) is 64.0 Å². The number of ether oxygens (including phenoxy) is 1. The fourth-order valence-electron chi connectivity index (χ4n) is 3.49. The Hall–Kier alpha value is -2.63. The quantitative estimate of drug-likeness (QED) is 0.734. The molecule has 1 N–H and O–H groups in total. The van der Waals surface area contributed by atoms with Crippen LogP contribution in [0.25, 0.3) is 22.1 Å². The lowest BCUT2D eigenvalue weighted by Gasteiger charge is -2.27. The molecule has 5 nitrogen and oxygen atoms in total. The summed E-state index contributed by atoms with van der Waals surface area (Å²) in [6.45, 7) is 5.52. The van der Waals surface area contributed by atoms with Crippen LogP contribution >= 0.6 is 0 Å². The van der Waals surface area contributed by atoms with E-state index in [4.69, 9.17) is 9.15 Å². The minimum atomic E-state index is -0.417. The van der Waals surface area contributed by atoms with E-state index < -0.39 is 5.63 Å². The summed E-state index contributed by atoms with van der Waals surface area (Å²) in [6, 6.07) is 13.2. The Labute approximate surface area is 151 Å². The minimum Gasteiger partial charge on any atom is -0.507 e. The van der Waals surface area contributed by atoms with E-state index in [1.807, 2.05) is 36.4 Å². The minimum absolute atomic E-state index is 0.192. The number of aryl methyl sites for hydroxylation is 1. The van der Waals surface area contributed by atoms with Gasteiger partial charge in [0.1, 0.15) is 11.3 Å². The van der Waals surface area contributed by atoms with E-state index in [0.717, 1.165) is 35.2 Å². The molecule has 134 valence electrons. The van der Waals surface area contributed by atoms with Gasteiger partial charge in [0.25, 0.3) is 0 Å². The molecule has 5 heteroatoms. The predicted octanol–water partition coefficient (Wildman–Crippen LogP) is 3.31. The molecule has 1 saturated heterocycles. The van der Waals surface area contributed by atoms with Crippen LogP contribution in [0.5, 0.6) is 5.75 Å². The zero-order valence-electron chi connectivity index (χ0n) is 14.7. The molecule has 0 unspecified atom stereocenters. The maximum absolute atomic E-state index is 12.1. The third-order valence-electron chi connectivity index (χ3n) is 4.90. The van der Waals surface area contributed by atoms with Gasteiger partial charge in [0.2, 0.25) is 0 Å². The zero-order chi connectivity index (χ0) is 18.1. The van der Waals surface area contributed by atoms with Crippen molar-refractivity contribution in [3.8, 4) is 16.9 Å². The van der Waals surface area contributed by atoms with Gasteiger partial charge in [-0.1, -0.05) is 30.3 Å². The third kappa shape index (κ3) is 3.11. The normalized spacial score (nSPS) is 15.4. The molecule has 0 radical (unpaired) electrons. The Morgan fingerprint density at radius 2 is 1.85 bits per heavy atom. The number of rotatable bonds is 3. The summed E-state index contributed by atoms with van der Waals surface area (Å²) in [5.41, 5.74) is 3.24. The molecule has 0 bridgehead atoms. The summed E-state index contributed by atoms with van der Waals surface area (Å²) < 4.78 is 10.8. The molecule has 1 aromatic heterocycles. The van der Waals surface area contributed by atoms with Gasteiger partial charge in [-0.3, -0.25) is 4.90 Å². The standard InChI is InChI=1S/C21H21NO4/c1-14-20(24)16(13-22-7-9-25-10-8-22)11-18-17(12-19(23)26-21(14)18)15-5-3-2-4-6-15/h2-6,11-12,24H,7-10,13H2,1H3. The van der Waals surface area contributed by atoms with Crippen LogP contribution in [0, 0.1) is 6.92 Å². The van der Waals surface area contributed by atoms with Gasteiger partial charge in [-0.15, -0.1) is 0 Å². The van der Waals surface area contributed by atoms with Crippen LogP contribution in [0.1, 0.15) is 11.1 Å². The number of phenolic OH excluding ortho intramolecular Hbond substituents is 1. The van der Waals surface area contributed by atoms with Gasteiger partial charge in [0, 0.05) is 42.2 Å². The lowest BCUT2D eigenvalue weighted by atomic mass is 9.97. The van der Waals surface area contributed by atoms with Crippen LogP contribution in [0.4, 0.5) is 0 Å². The molecule has 0 atom stereocenters. The second-order valence-corrected chi connectivity index (χ2v) is 6.62. The van der Waals surface area contributed by atoms with E-state index in [1.54, 1.807) is 6.92 Å². The van der Waals surface area contributed by atoms with Crippen molar-refractivity contribution in [3.63, 3.8) is 0 Å². The summed E-state index contributed by atoms with van der Waals surface area (Å²) in [5.74, 6) is 0.192. The maximum Gasteiger partial charge on any atom is 0.336 e. The molecule has 0 spiro atoms. The average Bonchev–Trinajstić information content (AvgIpc) is 2.67. The summed E-state index contributed by atoms with van der Waals surface area (Å²) >= 11 is 0. The van der Waals surface area contributed by atoms with E-state index in [-0.39, 0.29) is 5.75 Å². The monoisotopic (exact) mass is 351 g/mol. The highest BCUT2D eigenvalue weighted by Crippen LogP contribution is 2.35. The first-order valence-electron chi connectivity index (χ1n) is 8.78. The molecule has 4 rings (SSSR count). The Morgan fingerprint density at radius 1 is 1.12 bits per heavy atom. The molecular weight excluding hydrogens is 330 g/mol. The Kier molecular flexibility index (Phi) is 4.49. The molecule has 0 saturated carbocycles. The Morgan fingerprint density at radius 3 is 2.58 bits per heavy atom. The molecule has 1 aliphatic heterocycles. The van der Waals surface area contributed by atoms with Crippen molar-refractivity contribution in [2.45, 2.75) is 13.5 Å². The second kappa shape index (κ2) is 6.94. The molecule has 3 aromatic rings. The van der Waals surface area contributed by atoms with Crippen LogP contribution < -0.4 is 5.63 Å². The smallest absolute Gasteiger partial charge is 0.336 e. The Bertz CT molecular complexity index is 988. The van der Waals surface area contributed by atoms with E-state index >= 15 is 0 Å². The molecule has 26 heavy (non-hydrogen) atoms. The highest BCUT2D eigenvalue weighted by Gasteiger charge is 2.19. The first-order chi connectivity index (χ1) is 12.6. The number of morpholine rings is 1. The highest BCUT2D eigenvalue weighted by molar-refractivity contribution is 5.96. The van der Waals surface area contributed by atoms with Crippen molar-refractivity contribution < 1.29 is 14.3 Å². The third-order valence-corrected chi connectivity index (χ3v) is 4.90. The Balaban J connectivity index is 1.88. The summed E-state index contributed by atoms with van der Waals surface area (Å²) in [6.07, 6.45) is 0. The molecular formula is C21H21NO4. The largest absolute Gasteiger partial charge is 0.507 e. The van der Waals surface area contributed by atoms with E-state index in [1.165, 1.54) is 6.07 Å². The van der Waals surface area contributed by atoms with Crippen molar-refractivity contribution in [2.75, 3.05) is 26.3 Å². The van der Waals surface area contributed by atoms with Crippen molar-refractivity contribution in [2.24, 2.45) is 0 Å². The number of aromatic hydroxyl groups is 1. The molecule has 1 aliphatic rings. The lowest BCUT2D eigenvalue weighted by molar-refractivity contribution is 0.0339. The number of hydrogen-bond donors (Lipinski definition) is 1. The van der Waals surface area contributed by atoms with Gasteiger partial charge >= 0.3 is 5.63 Å². The van der Waals surface area contributed by atoms with Crippen LogP contribution in [-0.2, 0) is 11.3 Å². The fraction of sp³-hybridized carbons (Fsp3) is 0.286. The van der Waals surface area contributed by atoms with Crippen molar-refractivity contribution in [1.29, 1.82) is 0 Å². The molecule has 1 fully saturated rings. The fourth-order valence-corrected chi connectivity index (χ4v) is 3.49. The van der Waals surface area contributed by atoms with Gasteiger partial charge in [0.15, 0.2) is 0 Å². The van der Waals surface area contributed by atoms with Crippen LogP contribution in [0.15, 0.2) is 51.7 Å². The number of benzene rings is 2. The first kappa shape index (κ1) is 16.8. The summed E-state index contributed by atoms with van der Waals surface area (Å²) in [4.78, 5) is 14.3. The van der Waals surface area contributed by atoms with Crippen LogP contribution in [-0.4, -0.2) is 36.3 Å². The topological polar surface area (TPSA) is 62.9 Å². The summed E-state index contributed by atoms with van der Waals surface area (Å²) in [5, 5.41) is 11.5. The zero-order valence-corrected chi connectivity index (χ0v) is 14.7. The number of nitrogens with zero attached hydrogens (tertiary/aromatic N) is 1. The highest BCUT2D eigenvalue weighted by atomic mass is 16.5.